The molecule has 0 amide bonds. The van der Waals surface area contributed by atoms with E-state index in [4.69, 9.17) is 28.9 Å². The van der Waals surface area contributed by atoms with Crippen LogP contribution < -0.4 is 5.73 Å². The smallest absolute Gasteiger partial charge is 0.201 e. The van der Waals surface area contributed by atoms with Crippen LogP contribution in [0.5, 0.6) is 0 Å². The quantitative estimate of drug-likeness (QED) is 0.774. The predicted octanol–water partition coefficient (Wildman–Crippen LogP) is 4.11. The lowest BCUT2D eigenvalue weighted by atomic mass is 10.2. The van der Waals surface area contributed by atoms with Crippen LogP contribution in [0.25, 0.3) is 11.0 Å². The number of aromatic nitrogens is 2. The van der Waals surface area contributed by atoms with Gasteiger partial charge in [0, 0.05) is 0 Å². The number of benzene rings is 2. The minimum Gasteiger partial charge on any atom is -0.369 e. The monoisotopic (exact) mass is 309 g/mol. The summed E-state index contributed by atoms with van der Waals surface area (Å²) in [6.45, 7) is 0.423. The normalized spacial score (nSPS) is 11.2. The largest absolute Gasteiger partial charge is 0.369 e. The average molecular weight is 310 g/mol. The van der Waals surface area contributed by atoms with Gasteiger partial charge in [0.1, 0.15) is 5.82 Å². The number of halogens is 3. The molecular formula is C14H10Cl2FN3. The van der Waals surface area contributed by atoms with Gasteiger partial charge in [-0.05, 0) is 29.8 Å². The molecule has 0 saturated carbocycles. The van der Waals surface area contributed by atoms with Crippen molar-refractivity contribution in [2.75, 3.05) is 5.73 Å². The van der Waals surface area contributed by atoms with Gasteiger partial charge in [-0.2, -0.15) is 0 Å². The van der Waals surface area contributed by atoms with Crippen molar-refractivity contribution < 1.29 is 4.39 Å². The highest BCUT2D eigenvalue weighted by atomic mass is 35.5. The molecule has 2 N–H and O–H groups in total. The van der Waals surface area contributed by atoms with Gasteiger partial charge < -0.3 is 10.3 Å². The van der Waals surface area contributed by atoms with Crippen LogP contribution in [0.2, 0.25) is 10.0 Å². The van der Waals surface area contributed by atoms with Gasteiger partial charge in [0.2, 0.25) is 5.95 Å². The summed E-state index contributed by atoms with van der Waals surface area (Å²) < 4.78 is 15.0. The van der Waals surface area contributed by atoms with Crippen LogP contribution in [-0.4, -0.2) is 9.55 Å². The highest BCUT2D eigenvalue weighted by molar-refractivity contribution is 6.35. The van der Waals surface area contributed by atoms with E-state index in [1.54, 1.807) is 22.8 Å². The zero-order chi connectivity index (χ0) is 14.3. The standard InChI is InChI=1S/C14H10Cl2FN3/c15-9-2-1-3-12-13(9)20(14(18)19-12)7-8-4-5-11(17)10(16)6-8/h1-6H,7H2,(H2,18,19). The molecule has 0 saturated heterocycles. The number of nitrogens with two attached hydrogens (primary N) is 1. The predicted molar refractivity (Wildman–Crippen MR) is 79.7 cm³/mol. The Labute approximate surface area is 124 Å². The molecule has 3 rings (SSSR count). The summed E-state index contributed by atoms with van der Waals surface area (Å²) in [6.07, 6.45) is 0. The summed E-state index contributed by atoms with van der Waals surface area (Å²) >= 11 is 12.0. The molecule has 2 aromatic carbocycles. The first kappa shape index (κ1) is 13.2. The molecule has 0 spiro atoms. The van der Waals surface area contributed by atoms with Gasteiger partial charge in [-0.1, -0.05) is 35.3 Å². The third-order valence-electron chi connectivity index (χ3n) is 3.07. The maximum atomic E-state index is 13.2. The highest BCUT2D eigenvalue weighted by Crippen LogP contribution is 2.27. The van der Waals surface area contributed by atoms with E-state index in [0.29, 0.717) is 17.5 Å². The fraction of sp³-hybridized carbons (Fsp3) is 0.0714. The number of hydrogen-bond acceptors (Lipinski definition) is 2. The van der Waals surface area contributed by atoms with E-state index < -0.39 is 5.82 Å². The summed E-state index contributed by atoms with van der Waals surface area (Å²) in [6, 6.07) is 9.98. The summed E-state index contributed by atoms with van der Waals surface area (Å²) in [7, 11) is 0. The summed E-state index contributed by atoms with van der Waals surface area (Å²) in [5, 5.41) is 0.650. The molecule has 0 unspecified atom stereocenters. The van der Waals surface area contributed by atoms with E-state index in [1.165, 1.54) is 6.07 Å². The van der Waals surface area contributed by atoms with Crippen molar-refractivity contribution in [2.45, 2.75) is 6.54 Å². The van der Waals surface area contributed by atoms with Crippen LogP contribution in [0.15, 0.2) is 36.4 Å². The van der Waals surface area contributed by atoms with E-state index in [-0.39, 0.29) is 5.02 Å². The third-order valence-corrected chi connectivity index (χ3v) is 3.67. The topological polar surface area (TPSA) is 43.8 Å². The van der Waals surface area contributed by atoms with E-state index in [2.05, 4.69) is 4.98 Å². The van der Waals surface area contributed by atoms with Gasteiger partial charge in [0.05, 0.1) is 27.6 Å². The minimum atomic E-state index is -0.447. The van der Waals surface area contributed by atoms with Crippen molar-refractivity contribution >= 4 is 40.2 Å². The second-order valence-electron chi connectivity index (χ2n) is 4.41. The zero-order valence-corrected chi connectivity index (χ0v) is 11.8. The van der Waals surface area contributed by atoms with Crippen molar-refractivity contribution in [3.8, 4) is 0 Å². The molecule has 6 heteroatoms. The van der Waals surface area contributed by atoms with Gasteiger partial charge in [-0.15, -0.1) is 0 Å². The van der Waals surface area contributed by atoms with E-state index in [9.17, 15) is 4.39 Å². The van der Waals surface area contributed by atoms with Crippen LogP contribution in [0.1, 0.15) is 5.56 Å². The number of anilines is 1. The fourth-order valence-corrected chi connectivity index (χ4v) is 2.62. The van der Waals surface area contributed by atoms with E-state index >= 15 is 0 Å². The van der Waals surface area contributed by atoms with Crippen LogP contribution >= 0.6 is 23.2 Å². The van der Waals surface area contributed by atoms with Crippen molar-refractivity contribution in [1.29, 1.82) is 0 Å². The zero-order valence-electron chi connectivity index (χ0n) is 10.3. The number of nitrogens with zero attached hydrogens (tertiary/aromatic N) is 2. The molecular weight excluding hydrogens is 300 g/mol. The molecule has 0 fully saturated rings. The second kappa shape index (κ2) is 4.96. The van der Waals surface area contributed by atoms with Gasteiger partial charge >= 0.3 is 0 Å². The van der Waals surface area contributed by atoms with Crippen LogP contribution in [0.4, 0.5) is 10.3 Å². The van der Waals surface area contributed by atoms with Crippen molar-refractivity contribution in [2.24, 2.45) is 0 Å². The molecule has 0 bridgehead atoms. The van der Waals surface area contributed by atoms with Gasteiger partial charge in [-0.25, -0.2) is 9.37 Å². The number of hydrogen-bond donors (Lipinski definition) is 1. The number of para-hydroxylation sites is 1. The van der Waals surface area contributed by atoms with Crippen molar-refractivity contribution in [1.82, 2.24) is 9.55 Å². The first-order chi connectivity index (χ1) is 9.56. The lowest BCUT2D eigenvalue weighted by Gasteiger charge is -2.08. The average Bonchev–Trinajstić information content (AvgIpc) is 2.72. The van der Waals surface area contributed by atoms with Gasteiger partial charge in [-0.3, -0.25) is 0 Å². The van der Waals surface area contributed by atoms with Crippen molar-refractivity contribution in [3.05, 3.63) is 57.8 Å². The second-order valence-corrected chi connectivity index (χ2v) is 5.23. The minimum absolute atomic E-state index is 0.0802. The molecule has 0 radical (unpaired) electrons. The molecule has 20 heavy (non-hydrogen) atoms. The number of imidazole rings is 1. The van der Waals surface area contributed by atoms with E-state index in [1.807, 2.05) is 12.1 Å². The first-order valence-corrected chi connectivity index (χ1v) is 6.66. The van der Waals surface area contributed by atoms with Crippen LogP contribution in [0.3, 0.4) is 0 Å². The summed E-state index contributed by atoms with van der Waals surface area (Å²) in [5.74, 6) is -0.0922. The fourth-order valence-electron chi connectivity index (χ4n) is 2.14. The SMILES string of the molecule is Nc1nc2cccc(Cl)c2n1Cc1ccc(F)c(Cl)c1. The lowest BCUT2D eigenvalue weighted by Crippen LogP contribution is -2.05. The molecule has 1 heterocycles. The Balaban J connectivity index is 2.10. The molecule has 1 aromatic heterocycles. The Morgan fingerprint density at radius 3 is 2.70 bits per heavy atom. The number of nitrogen functional groups attached to an aromatic ring is 1. The summed E-state index contributed by atoms with van der Waals surface area (Å²) in [5.41, 5.74) is 8.23. The first-order valence-electron chi connectivity index (χ1n) is 5.90. The van der Waals surface area contributed by atoms with Crippen LogP contribution in [-0.2, 0) is 6.54 Å². The maximum Gasteiger partial charge on any atom is 0.201 e. The Bertz CT molecular complexity index is 798. The number of rotatable bonds is 2. The molecule has 0 atom stereocenters. The van der Waals surface area contributed by atoms with Crippen LogP contribution in [0, 0.1) is 5.82 Å². The maximum absolute atomic E-state index is 13.2. The van der Waals surface area contributed by atoms with E-state index in [0.717, 1.165) is 16.6 Å². The molecule has 3 aromatic rings. The summed E-state index contributed by atoms with van der Waals surface area (Å²) in [4.78, 5) is 4.26. The Morgan fingerprint density at radius 2 is 1.95 bits per heavy atom. The Kier molecular flexibility index (Phi) is 3.28. The highest BCUT2D eigenvalue weighted by Gasteiger charge is 2.12. The Hall–Kier alpha value is -1.78. The molecule has 0 aliphatic heterocycles. The number of fused-ring (bicyclic) bond motifs is 1. The van der Waals surface area contributed by atoms with Crippen molar-refractivity contribution in [3.63, 3.8) is 0 Å². The molecule has 0 aliphatic rings. The van der Waals surface area contributed by atoms with Gasteiger partial charge in [0.15, 0.2) is 0 Å². The third kappa shape index (κ3) is 2.21. The molecule has 3 nitrogen and oxygen atoms in total. The molecule has 102 valence electrons. The van der Waals surface area contributed by atoms with Gasteiger partial charge in [0.25, 0.3) is 0 Å². The Morgan fingerprint density at radius 1 is 1.15 bits per heavy atom. The molecule has 0 aliphatic carbocycles. The lowest BCUT2D eigenvalue weighted by molar-refractivity contribution is 0.627.